The van der Waals surface area contributed by atoms with Gasteiger partial charge in [-0.25, -0.2) is 0 Å². The van der Waals surface area contributed by atoms with Gasteiger partial charge in [0.1, 0.15) is 0 Å². The monoisotopic (exact) mass is 268 g/mol. The van der Waals surface area contributed by atoms with Crippen LogP contribution in [0.2, 0.25) is 5.15 Å². The molecule has 2 heterocycles. The Kier molecular flexibility index (Phi) is 4.14. The molecule has 0 bridgehead atoms. The van der Waals surface area contributed by atoms with E-state index in [0.29, 0.717) is 16.9 Å². The van der Waals surface area contributed by atoms with Crippen molar-refractivity contribution >= 4 is 17.5 Å². The van der Waals surface area contributed by atoms with Gasteiger partial charge in [-0.3, -0.25) is 9.69 Å². The second kappa shape index (κ2) is 5.63. The summed E-state index contributed by atoms with van der Waals surface area (Å²) in [5, 5.41) is 7.82. The minimum Gasteiger partial charge on any atom is -0.335 e. The zero-order valence-electron chi connectivity index (χ0n) is 10.6. The van der Waals surface area contributed by atoms with Crippen molar-refractivity contribution in [2.24, 2.45) is 0 Å². The predicted octanol–water partition coefficient (Wildman–Crippen LogP) is 1.30. The summed E-state index contributed by atoms with van der Waals surface area (Å²) in [7, 11) is 0. The van der Waals surface area contributed by atoms with Gasteiger partial charge >= 0.3 is 0 Å². The fourth-order valence-corrected chi connectivity index (χ4v) is 2.13. The number of amides is 1. The van der Waals surface area contributed by atoms with E-state index in [1.165, 1.54) is 0 Å². The molecule has 1 aromatic heterocycles. The van der Waals surface area contributed by atoms with Crippen molar-refractivity contribution < 1.29 is 4.79 Å². The van der Waals surface area contributed by atoms with E-state index >= 15 is 0 Å². The molecule has 2 rings (SSSR count). The van der Waals surface area contributed by atoms with E-state index in [1.54, 1.807) is 12.1 Å². The summed E-state index contributed by atoms with van der Waals surface area (Å²) in [6.45, 7) is 7.63. The van der Waals surface area contributed by atoms with Gasteiger partial charge in [0, 0.05) is 32.2 Å². The maximum absolute atomic E-state index is 12.1. The average molecular weight is 269 g/mol. The van der Waals surface area contributed by atoms with Crippen LogP contribution >= 0.6 is 11.6 Å². The van der Waals surface area contributed by atoms with Crippen LogP contribution in [0.1, 0.15) is 24.3 Å². The van der Waals surface area contributed by atoms with Gasteiger partial charge in [0.05, 0.1) is 0 Å². The lowest BCUT2D eigenvalue weighted by Crippen LogP contribution is -2.50. The molecule has 6 heteroatoms. The Bertz CT molecular complexity index is 413. The molecule has 1 saturated heterocycles. The van der Waals surface area contributed by atoms with Crippen LogP contribution < -0.4 is 0 Å². The van der Waals surface area contributed by atoms with Crippen LogP contribution in [0.4, 0.5) is 0 Å². The van der Waals surface area contributed by atoms with Gasteiger partial charge in [0.2, 0.25) is 0 Å². The average Bonchev–Trinajstić information content (AvgIpc) is 2.39. The van der Waals surface area contributed by atoms with Crippen molar-refractivity contribution in [1.82, 2.24) is 20.0 Å². The molecule has 0 radical (unpaired) electrons. The fourth-order valence-electron chi connectivity index (χ4n) is 2.03. The SMILES string of the molecule is CC(C)N1CCN(C(=O)c2ccc(Cl)nn2)CC1. The Morgan fingerprint density at radius 2 is 1.89 bits per heavy atom. The van der Waals surface area contributed by atoms with Crippen LogP contribution in [0, 0.1) is 0 Å². The molecule has 0 unspecified atom stereocenters. The number of nitrogens with zero attached hydrogens (tertiary/aromatic N) is 4. The molecule has 1 fully saturated rings. The number of hydrogen-bond donors (Lipinski definition) is 0. The molecule has 0 aromatic carbocycles. The van der Waals surface area contributed by atoms with E-state index in [2.05, 4.69) is 28.9 Å². The molecule has 1 aliphatic rings. The Morgan fingerprint density at radius 3 is 2.39 bits per heavy atom. The first kappa shape index (κ1) is 13.2. The molecular formula is C12H17ClN4O. The van der Waals surface area contributed by atoms with Crippen molar-refractivity contribution in [3.8, 4) is 0 Å². The largest absolute Gasteiger partial charge is 0.335 e. The van der Waals surface area contributed by atoms with Crippen molar-refractivity contribution in [2.45, 2.75) is 19.9 Å². The first-order chi connectivity index (χ1) is 8.58. The summed E-state index contributed by atoms with van der Waals surface area (Å²) in [6, 6.07) is 3.73. The van der Waals surface area contributed by atoms with Crippen LogP contribution in [0.15, 0.2) is 12.1 Å². The molecule has 0 aliphatic carbocycles. The van der Waals surface area contributed by atoms with Crippen LogP contribution in [-0.4, -0.2) is 58.1 Å². The number of carbonyl (C=O) groups excluding carboxylic acids is 1. The lowest BCUT2D eigenvalue weighted by atomic mass is 10.2. The fraction of sp³-hybridized carbons (Fsp3) is 0.583. The van der Waals surface area contributed by atoms with Crippen LogP contribution in [-0.2, 0) is 0 Å². The molecule has 0 N–H and O–H groups in total. The topological polar surface area (TPSA) is 49.3 Å². The molecule has 1 amide bonds. The summed E-state index contributed by atoms with van der Waals surface area (Å²) in [5.41, 5.74) is 0.359. The zero-order chi connectivity index (χ0) is 13.1. The Labute approximate surface area is 112 Å². The lowest BCUT2D eigenvalue weighted by Gasteiger charge is -2.36. The van der Waals surface area contributed by atoms with Crippen molar-refractivity contribution in [3.05, 3.63) is 23.0 Å². The van der Waals surface area contributed by atoms with E-state index in [1.807, 2.05) is 4.90 Å². The number of piperazine rings is 1. The smallest absolute Gasteiger partial charge is 0.274 e. The van der Waals surface area contributed by atoms with Gasteiger partial charge in [0.15, 0.2) is 10.8 Å². The first-order valence-corrected chi connectivity index (χ1v) is 6.48. The van der Waals surface area contributed by atoms with Gasteiger partial charge < -0.3 is 4.90 Å². The lowest BCUT2D eigenvalue weighted by molar-refractivity contribution is 0.0589. The molecule has 1 aromatic rings. The zero-order valence-corrected chi connectivity index (χ0v) is 11.4. The number of aromatic nitrogens is 2. The van der Waals surface area contributed by atoms with Gasteiger partial charge in [-0.15, -0.1) is 10.2 Å². The van der Waals surface area contributed by atoms with Crippen molar-refractivity contribution in [1.29, 1.82) is 0 Å². The van der Waals surface area contributed by atoms with Gasteiger partial charge in [0.25, 0.3) is 5.91 Å². The second-order valence-corrected chi connectivity index (χ2v) is 5.05. The van der Waals surface area contributed by atoms with Crippen LogP contribution in [0.25, 0.3) is 0 Å². The minimum absolute atomic E-state index is 0.0671. The number of hydrogen-bond acceptors (Lipinski definition) is 4. The number of rotatable bonds is 2. The van der Waals surface area contributed by atoms with Crippen LogP contribution in [0.5, 0.6) is 0 Å². The highest BCUT2D eigenvalue weighted by atomic mass is 35.5. The quantitative estimate of drug-likeness (QED) is 0.811. The Balaban J connectivity index is 1.97. The summed E-state index contributed by atoms with van der Waals surface area (Å²) in [6.07, 6.45) is 0. The molecule has 98 valence electrons. The highest BCUT2D eigenvalue weighted by Gasteiger charge is 2.24. The van der Waals surface area contributed by atoms with Gasteiger partial charge in [-0.2, -0.15) is 0 Å². The second-order valence-electron chi connectivity index (χ2n) is 4.66. The van der Waals surface area contributed by atoms with Crippen LogP contribution in [0.3, 0.4) is 0 Å². The molecule has 5 nitrogen and oxygen atoms in total. The summed E-state index contributed by atoms with van der Waals surface area (Å²) in [4.78, 5) is 16.3. The van der Waals surface area contributed by atoms with Crippen molar-refractivity contribution in [3.63, 3.8) is 0 Å². The third-order valence-corrected chi connectivity index (χ3v) is 3.38. The number of halogens is 1. The van der Waals surface area contributed by atoms with E-state index < -0.39 is 0 Å². The minimum atomic E-state index is -0.0671. The summed E-state index contributed by atoms with van der Waals surface area (Å²) < 4.78 is 0. The normalized spacial score (nSPS) is 17.2. The number of carbonyl (C=O) groups is 1. The van der Waals surface area contributed by atoms with Gasteiger partial charge in [-0.05, 0) is 26.0 Å². The molecule has 18 heavy (non-hydrogen) atoms. The van der Waals surface area contributed by atoms with E-state index in [-0.39, 0.29) is 5.91 Å². The maximum Gasteiger partial charge on any atom is 0.274 e. The standard InChI is InChI=1S/C12H17ClN4O/c1-9(2)16-5-7-17(8-6-16)12(18)10-3-4-11(13)15-14-10/h3-4,9H,5-8H2,1-2H3. The maximum atomic E-state index is 12.1. The third-order valence-electron chi connectivity index (χ3n) is 3.18. The van der Waals surface area contributed by atoms with E-state index in [9.17, 15) is 4.79 Å². The van der Waals surface area contributed by atoms with E-state index in [0.717, 1.165) is 26.2 Å². The Hall–Kier alpha value is -1.20. The molecule has 0 atom stereocenters. The predicted molar refractivity (Wildman–Crippen MR) is 69.7 cm³/mol. The summed E-state index contributed by atoms with van der Waals surface area (Å²) in [5.74, 6) is -0.0671. The van der Waals surface area contributed by atoms with Gasteiger partial charge in [-0.1, -0.05) is 11.6 Å². The Morgan fingerprint density at radius 1 is 1.22 bits per heavy atom. The summed E-state index contributed by atoms with van der Waals surface area (Å²) >= 11 is 5.65. The first-order valence-electron chi connectivity index (χ1n) is 6.10. The van der Waals surface area contributed by atoms with Crippen molar-refractivity contribution in [2.75, 3.05) is 26.2 Å². The molecule has 1 aliphatic heterocycles. The van der Waals surface area contributed by atoms with E-state index in [4.69, 9.17) is 11.6 Å². The highest BCUT2D eigenvalue weighted by Crippen LogP contribution is 2.10. The third kappa shape index (κ3) is 2.97. The molecule has 0 saturated carbocycles. The molecular weight excluding hydrogens is 252 g/mol. The molecule has 0 spiro atoms. The highest BCUT2D eigenvalue weighted by molar-refractivity contribution is 6.29.